The van der Waals surface area contributed by atoms with Gasteiger partial charge >= 0.3 is 17.9 Å². The third-order valence-corrected chi connectivity index (χ3v) is 5.01. The van der Waals surface area contributed by atoms with Gasteiger partial charge < -0.3 is 29.6 Å². The summed E-state index contributed by atoms with van der Waals surface area (Å²) >= 11 is 0. The van der Waals surface area contributed by atoms with E-state index in [1.807, 2.05) is 37.3 Å². The highest BCUT2D eigenvalue weighted by molar-refractivity contribution is 5.71. The van der Waals surface area contributed by atoms with Gasteiger partial charge in [0.15, 0.2) is 5.60 Å². The van der Waals surface area contributed by atoms with Crippen LogP contribution in [0, 0.1) is 10.1 Å². The summed E-state index contributed by atoms with van der Waals surface area (Å²) in [6.45, 7) is 3.42. The number of benzene rings is 1. The van der Waals surface area contributed by atoms with Gasteiger partial charge in [-0.3, -0.25) is 4.57 Å². The van der Waals surface area contributed by atoms with Crippen LogP contribution in [-0.4, -0.2) is 55.9 Å². The lowest BCUT2D eigenvalue weighted by molar-refractivity contribution is -0.389. The summed E-state index contributed by atoms with van der Waals surface area (Å²) in [7, 11) is 0. The smallest absolute Gasteiger partial charge is 0.415 e. The first-order chi connectivity index (χ1) is 13.8. The zero-order valence-electron chi connectivity index (χ0n) is 15.8. The fourth-order valence-corrected chi connectivity index (χ4v) is 3.46. The summed E-state index contributed by atoms with van der Waals surface area (Å²) in [5.74, 6) is 0.444. The number of carboxylic acid groups (broad SMARTS) is 1. The lowest BCUT2D eigenvalue weighted by Gasteiger charge is -2.24. The van der Waals surface area contributed by atoms with Crippen molar-refractivity contribution in [2.75, 3.05) is 19.7 Å². The van der Waals surface area contributed by atoms with Crippen LogP contribution in [0.3, 0.4) is 0 Å². The standard InChI is InChI=1S/C19H20N4O6/c1-19(11-22-10-16(23(26)27)20-17(22)29-19)12-28-15-4-2-13(3-5-15)14-6-8-21(9-7-14)18(24)25/h2-6,10H,7-9,11-12H2,1H3,(H,24,25)/t19-/m1/s1. The van der Waals surface area contributed by atoms with Crippen molar-refractivity contribution in [2.24, 2.45) is 0 Å². The number of aromatic nitrogens is 2. The quantitative estimate of drug-likeness (QED) is 0.605. The zero-order valence-corrected chi connectivity index (χ0v) is 15.8. The Labute approximate surface area is 166 Å². The van der Waals surface area contributed by atoms with Crippen molar-refractivity contribution >= 4 is 17.5 Å². The molecule has 10 heteroatoms. The van der Waals surface area contributed by atoms with Gasteiger partial charge in [0.2, 0.25) is 0 Å². The van der Waals surface area contributed by atoms with E-state index in [1.165, 1.54) is 11.1 Å². The second-order valence-electron chi connectivity index (χ2n) is 7.34. The molecule has 1 N–H and O–H groups in total. The Kier molecular flexibility index (Phi) is 4.61. The maximum absolute atomic E-state index is 11.0. The molecule has 0 aliphatic carbocycles. The molecule has 1 amide bonds. The van der Waals surface area contributed by atoms with Crippen LogP contribution in [0.4, 0.5) is 10.6 Å². The van der Waals surface area contributed by atoms with Crippen molar-refractivity contribution in [3.05, 3.63) is 52.2 Å². The van der Waals surface area contributed by atoms with Crippen LogP contribution in [0.25, 0.3) is 5.57 Å². The Morgan fingerprint density at radius 2 is 2.17 bits per heavy atom. The van der Waals surface area contributed by atoms with Crippen molar-refractivity contribution in [3.8, 4) is 11.8 Å². The molecule has 0 saturated heterocycles. The van der Waals surface area contributed by atoms with E-state index in [0.29, 0.717) is 31.8 Å². The van der Waals surface area contributed by atoms with Gasteiger partial charge in [0, 0.05) is 18.1 Å². The molecule has 1 atom stereocenters. The van der Waals surface area contributed by atoms with Crippen LogP contribution in [0.1, 0.15) is 18.9 Å². The Morgan fingerprint density at radius 1 is 1.41 bits per heavy atom. The fraction of sp³-hybridized carbons (Fsp3) is 0.368. The second kappa shape index (κ2) is 7.12. The Morgan fingerprint density at radius 3 is 2.76 bits per heavy atom. The average molecular weight is 400 g/mol. The zero-order chi connectivity index (χ0) is 20.6. The number of amides is 1. The molecule has 3 heterocycles. The highest BCUT2D eigenvalue weighted by atomic mass is 16.6. The monoisotopic (exact) mass is 400 g/mol. The van der Waals surface area contributed by atoms with Gasteiger partial charge in [-0.15, -0.1) is 0 Å². The molecule has 1 aromatic carbocycles. The van der Waals surface area contributed by atoms with Crippen molar-refractivity contribution in [2.45, 2.75) is 25.5 Å². The lowest BCUT2D eigenvalue weighted by atomic mass is 9.99. The number of hydrogen-bond donors (Lipinski definition) is 1. The highest BCUT2D eigenvalue weighted by Gasteiger charge is 2.41. The van der Waals surface area contributed by atoms with E-state index in [9.17, 15) is 14.9 Å². The summed E-state index contributed by atoms with van der Waals surface area (Å²) < 4.78 is 13.2. The van der Waals surface area contributed by atoms with Gasteiger partial charge in [0.05, 0.1) is 6.54 Å². The van der Waals surface area contributed by atoms with Crippen LogP contribution in [-0.2, 0) is 6.54 Å². The van der Waals surface area contributed by atoms with E-state index >= 15 is 0 Å². The van der Waals surface area contributed by atoms with E-state index in [2.05, 4.69) is 4.98 Å². The van der Waals surface area contributed by atoms with Crippen LogP contribution >= 0.6 is 0 Å². The lowest BCUT2D eigenvalue weighted by Crippen LogP contribution is -2.38. The van der Waals surface area contributed by atoms with E-state index in [4.69, 9.17) is 14.6 Å². The number of nitro groups is 1. The number of imidazole rings is 1. The van der Waals surface area contributed by atoms with Gasteiger partial charge in [0.1, 0.15) is 18.6 Å². The van der Waals surface area contributed by atoms with Crippen molar-refractivity contribution in [1.29, 1.82) is 0 Å². The molecule has 10 nitrogen and oxygen atoms in total. The average Bonchev–Trinajstić information content (AvgIpc) is 3.22. The normalized spacial score (nSPS) is 20.6. The van der Waals surface area contributed by atoms with Gasteiger partial charge in [-0.1, -0.05) is 18.2 Å². The molecule has 0 unspecified atom stereocenters. The minimum absolute atomic E-state index is 0.220. The predicted molar refractivity (Wildman–Crippen MR) is 102 cm³/mol. The van der Waals surface area contributed by atoms with Crippen LogP contribution in [0.2, 0.25) is 0 Å². The summed E-state index contributed by atoms with van der Waals surface area (Å²) in [5.41, 5.74) is 1.49. The second-order valence-corrected chi connectivity index (χ2v) is 7.34. The molecule has 0 spiro atoms. The summed E-state index contributed by atoms with van der Waals surface area (Å²) in [5, 5.41) is 19.8. The molecule has 2 aromatic rings. The maximum Gasteiger partial charge on any atom is 0.415 e. The molecule has 152 valence electrons. The van der Waals surface area contributed by atoms with Gasteiger partial charge in [-0.2, -0.15) is 0 Å². The molecule has 0 radical (unpaired) electrons. The summed E-state index contributed by atoms with van der Waals surface area (Å²) in [4.78, 5) is 26.5. The molecule has 2 aliphatic rings. The molecule has 29 heavy (non-hydrogen) atoms. The van der Waals surface area contributed by atoms with Crippen LogP contribution in [0.15, 0.2) is 36.5 Å². The first-order valence-corrected chi connectivity index (χ1v) is 9.14. The predicted octanol–water partition coefficient (Wildman–Crippen LogP) is 2.79. The molecule has 0 saturated carbocycles. The number of ether oxygens (including phenoxy) is 2. The third kappa shape index (κ3) is 3.86. The minimum Gasteiger partial charge on any atom is -0.489 e. The molecular formula is C19H20N4O6. The maximum atomic E-state index is 11.0. The topological polar surface area (TPSA) is 120 Å². The summed E-state index contributed by atoms with van der Waals surface area (Å²) in [6, 6.07) is 7.84. The van der Waals surface area contributed by atoms with Crippen LogP contribution < -0.4 is 9.47 Å². The van der Waals surface area contributed by atoms with Crippen LogP contribution in [0.5, 0.6) is 11.8 Å². The number of fused-ring (bicyclic) bond motifs is 1. The number of nitrogens with zero attached hydrogens (tertiary/aromatic N) is 4. The number of rotatable bonds is 5. The Hall–Kier alpha value is -3.56. The molecule has 0 bridgehead atoms. The Bertz CT molecular complexity index is 958. The van der Waals surface area contributed by atoms with E-state index < -0.39 is 16.6 Å². The minimum atomic E-state index is -0.900. The van der Waals surface area contributed by atoms with Gasteiger partial charge in [-0.05, 0) is 41.5 Å². The molecule has 0 fully saturated rings. The number of hydrogen-bond acceptors (Lipinski definition) is 6. The molecule has 1 aromatic heterocycles. The van der Waals surface area contributed by atoms with Gasteiger partial charge in [-0.25, -0.2) is 4.79 Å². The van der Waals surface area contributed by atoms with E-state index in [1.54, 1.807) is 4.57 Å². The first kappa shape index (κ1) is 18.8. The third-order valence-electron chi connectivity index (χ3n) is 5.01. The van der Waals surface area contributed by atoms with Crippen molar-refractivity contribution < 1.29 is 24.3 Å². The molecule has 2 aliphatic heterocycles. The van der Waals surface area contributed by atoms with Crippen molar-refractivity contribution in [1.82, 2.24) is 14.5 Å². The number of carbonyl (C=O) groups is 1. The fourth-order valence-electron chi connectivity index (χ4n) is 3.46. The first-order valence-electron chi connectivity index (χ1n) is 9.14. The molecular weight excluding hydrogens is 380 g/mol. The largest absolute Gasteiger partial charge is 0.489 e. The molecule has 4 rings (SSSR count). The van der Waals surface area contributed by atoms with E-state index in [0.717, 1.165) is 11.1 Å². The Balaban J connectivity index is 1.34. The highest BCUT2D eigenvalue weighted by Crippen LogP contribution is 2.32. The van der Waals surface area contributed by atoms with Crippen molar-refractivity contribution in [3.63, 3.8) is 0 Å². The van der Waals surface area contributed by atoms with E-state index in [-0.39, 0.29) is 18.4 Å². The SMILES string of the molecule is C[C@]1(COc2ccc(C3=CCN(C(=O)O)CC3)cc2)Cn2cc([N+](=O)[O-])nc2O1. The van der Waals surface area contributed by atoms with Gasteiger partial charge in [0.25, 0.3) is 0 Å². The summed E-state index contributed by atoms with van der Waals surface area (Å²) in [6.07, 6.45) is 3.07.